The van der Waals surface area contributed by atoms with Gasteiger partial charge in [-0.15, -0.1) is 11.8 Å². The summed E-state index contributed by atoms with van der Waals surface area (Å²) in [4.78, 5) is 1.30. The number of benzene rings is 1. The zero-order valence-electron chi connectivity index (χ0n) is 9.44. The van der Waals surface area contributed by atoms with Gasteiger partial charge in [0.05, 0.1) is 0 Å². The summed E-state index contributed by atoms with van der Waals surface area (Å²) in [5.74, 6) is 0. The van der Waals surface area contributed by atoms with Gasteiger partial charge >= 0.3 is 0 Å². The van der Waals surface area contributed by atoms with Crippen molar-refractivity contribution in [2.45, 2.75) is 36.5 Å². The van der Waals surface area contributed by atoms with Crippen LogP contribution in [0.25, 0.3) is 0 Å². The van der Waals surface area contributed by atoms with Crippen molar-refractivity contribution >= 4 is 11.8 Å². The predicted molar refractivity (Wildman–Crippen MR) is 68.0 cm³/mol. The quantitative estimate of drug-likeness (QED) is 0.756. The average molecular weight is 224 g/mol. The molecular weight excluding hydrogens is 204 g/mol. The van der Waals surface area contributed by atoms with Gasteiger partial charge in [-0.25, -0.2) is 0 Å². The molecule has 84 valence electrons. The monoisotopic (exact) mass is 224 g/mol. The second-order valence-electron chi connectivity index (χ2n) is 3.92. The Bertz CT molecular complexity index is 282. The summed E-state index contributed by atoms with van der Waals surface area (Å²) in [6.45, 7) is 5.03. The molecule has 4 N–H and O–H groups in total. The van der Waals surface area contributed by atoms with E-state index in [9.17, 15) is 0 Å². The highest BCUT2D eigenvalue weighted by atomic mass is 32.2. The van der Waals surface area contributed by atoms with E-state index >= 15 is 0 Å². The van der Waals surface area contributed by atoms with E-state index in [1.807, 2.05) is 11.8 Å². The van der Waals surface area contributed by atoms with Crippen LogP contribution in [0.4, 0.5) is 0 Å². The lowest BCUT2D eigenvalue weighted by Gasteiger charge is -2.11. The highest BCUT2D eigenvalue weighted by molar-refractivity contribution is 7.99. The Kier molecular flexibility index (Phi) is 5.15. The van der Waals surface area contributed by atoms with E-state index in [-0.39, 0.29) is 6.04 Å². The van der Waals surface area contributed by atoms with E-state index in [1.165, 1.54) is 10.5 Å². The number of hydrogen-bond donors (Lipinski definition) is 2. The standard InChI is InChI=1S/C12H20N2S/c1-9(2)15-11-5-3-10(4-6-11)12(14)7-8-13/h3-6,9,12H,7-8,13-14H2,1-2H3. The van der Waals surface area contributed by atoms with Gasteiger partial charge in [0.1, 0.15) is 0 Å². The summed E-state index contributed by atoms with van der Waals surface area (Å²) in [7, 11) is 0. The first-order chi connectivity index (χ1) is 7.13. The first kappa shape index (κ1) is 12.6. The second-order valence-corrected chi connectivity index (χ2v) is 5.57. The minimum atomic E-state index is 0.0769. The van der Waals surface area contributed by atoms with Crippen molar-refractivity contribution in [1.82, 2.24) is 0 Å². The van der Waals surface area contributed by atoms with Gasteiger partial charge in [0.25, 0.3) is 0 Å². The third-order valence-electron chi connectivity index (χ3n) is 2.16. The van der Waals surface area contributed by atoms with Crippen LogP contribution in [0.3, 0.4) is 0 Å². The summed E-state index contributed by atoms with van der Waals surface area (Å²) >= 11 is 1.87. The third-order valence-corrected chi connectivity index (χ3v) is 3.17. The van der Waals surface area contributed by atoms with Crippen LogP contribution < -0.4 is 11.5 Å². The van der Waals surface area contributed by atoms with Crippen LogP contribution in [0, 0.1) is 0 Å². The van der Waals surface area contributed by atoms with E-state index in [0.717, 1.165) is 6.42 Å². The SMILES string of the molecule is CC(C)Sc1ccc(C(N)CCN)cc1. The Morgan fingerprint density at radius 2 is 1.80 bits per heavy atom. The molecule has 0 aromatic heterocycles. The van der Waals surface area contributed by atoms with Crippen molar-refractivity contribution in [1.29, 1.82) is 0 Å². The molecule has 1 atom stereocenters. The van der Waals surface area contributed by atoms with Gasteiger partial charge in [0.2, 0.25) is 0 Å². The van der Waals surface area contributed by atoms with Crippen LogP contribution in [0.1, 0.15) is 31.9 Å². The summed E-state index contributed by atoms with van der Waals surface area (Å²) in [6, 6.07) is 8.55. The normalized spacial score (nSPS) is 13.1. The molecule has 1 aromatic carbocycles. The van der Waals surface area contributed by atoms with E-state index in [0.29, 0.717) is 11.8 Å². The first-order valence-corrected chi connectivity index (χ1v) is 6.23. The van der Waals surface area contributed by atoms with Gasteiger partial charge in [0, 0.05) is 16.2 Å². The molecule has 0 aliphatic rings. The molecule has 0 heterocycles. The molecule has 0 saturated heterocycles. The zero-order valence-corrected chi connectivity index (χ0v) is 10.3. The molecule has 1 rings (SSSR count). The molecule has 15 heavy (non-hydrogen) atoms. The van der Waals surface area contributed by atoms with Crippen molar-refractivity contribution in [3.63, 3.8) is 0 Å². The van der Waals surface area contributed by atoms with Crippen molar-refractivity contribution in [3.8, 4) is 0 Å². The lowest BCUT2D eigenvalue weighted by atomic mass is 10.1. The Morgan fingerprint density at radius 1 is 1.20 bits per heavy atom. The van der Waals surface area contributed by atoms with Crippen molar-refractivity contribution in [2.24, 2.45) is 11.5 Å². The molecule has 0 amide bonds. The van der Waals surface area contributed by atoms with Crippen LogP contribution >= 0.6 is 11.8 Å². The molecule has 2 nitrogen and oxygen atoms in total. The van der Waals surface area contributed by atoms with Crippen molar-refractivity contribution in [3.05, 3.63) is 29.8 Å². The molecule has 0 aliphatic heterocycles. The molecular formula is C12H20N2S. The zero-order chi connectivity index (χ0) is 11.3. The van der Waals surface area contributed by atoms with Crippen molar-refractivity contribution in [2.75, 3.05) is 6.54 Å². The minimum Gasteiger partial charge on any atom is -0.330 e. The molecule has 0 aliphatic carbocycles. The van der Waals surface area contributed by atoms with E-state index in [1.54, 1.807) is 0 Å². The predicted octanol–water partition coefficient (Wildman–Crippen LogP) is 2.54. The van der Waals surface area contributed by atoms with Gasteiger partial charge in [-0.1, -0.05) is 26.0 Å². The number of nitrogens with two attached hydrogens (primary N) is 2. The molecule has 1 aromatic rings. The maximum absolute atomic E-state index is 5.97. The molecule has 0 fully saturated rings. The smallest absolute Gasteiger partial charge is 0.0306 e. The van der Waals surface area contributed by atoms with E-state index in [2.05, 4.69) is 38.1 Å². The lowest BCUT2D eigenvalue weighted by Crippen LogP contribution is -2.15. The van der Waals surface area contributed by atoms with E-state index < -0.39 is 0 Å². The third kappa shape index (κ3) is 4.24. The summed E-state index contributed by atoms with van der Waals surface area (Å²) in [6.07, 6.45) is 0.844. The summed E-state index contributed by atoms with van der Waals surface area (Å²) in [5.41, 5.74) is 12.6. The molecule has 3 heteroatoms. The highest BCUT2D eigenvalue weighted by Gasteiger charge is 2.05. The van der Waals surface area contributed by atoms with Gasteiger partial charge in [-0.3, -0.25) is 0 Å². The van der Waals surface area contributed by atoms with Gasteiger partial charge in [-0.05, 0) is 30.7 Å². The topological polar surface area (TPSA) is 52.0 Å². The maximum Gasteiger partial charge on any atom is 0.0306 e. The summed E-state index contributed by atoms with van der Waals surface area (Å²) < 4.78 is 0. The molecule has 0 radical (unpaired) electrons. The fraction of sp³-hybridized carbons (Fsp3) is 0.500. The van der Waals surface area contributed by atoms with Gasteiger partial charge < -0.3 is 11.5 Å². The van der Waals surface area contributed by atoms with Crippen LogP contribution in [-0.4, -0.2) is 11.8 Å². The fourth-order valence-electron chi connectivity index (χ4n) is 1.41. The molecule has 1 unspecified atom stereocenters. The lowest BCUT2D eigenvalue weighted by molar-refractivity contribution is 0.661. The second kappa shape index (κ2) is 6.16. The Labute approximate surface area is 96.4 Å². The molecule has 0 spiro atoms. The van der Waals surface area contributed by atoms with Crippen molar-refractivity contribution < 1.29 is 0 Å². The molecule has 0 saturated carbocycles. The summed E-state index contributed by atoms with van der Waals surface area (Å²) in [5, 5.41) is 0.619. The van der Waals surface area contributed by atoms with Gasteiger partial charge in [-0.2, -0.15) is 0 Å². The van der Waals surface area contributed by atoms with E-state index in [4.69, 9.17) is 11.5 Å². The highest BCUT2D eigenvalue weighted by Crippen LogP contribution is 2.24. The van der Waals surface area contributed by atoms with Crippen LogP contribution in [0.5, 0.6) is 0 Å². The maximum atomic E-state index is 5.97. The average Bonchev–Trinajstić information content (AvgIpc) is 2.18. The Balaban J connectivity index is 2.63. The Morgan fingerprint density at radius 3 is 2.27 bits per heavy atom. The largest absolute Gasteiger partial charge is 0.330 e. The fourth-order valence-corrected chi connectivity index (χ4v) is 2.25. The number of hydrogen-bond acceptors (Lipinski definition) is 3. The van der Waals surface area contributed by atoms with Crippen LogP contribution in [0.15, 0.2) is 29.2 Å². The minimum absolute atomic E-state index is 0.0769. The number of thioether (sulfide) groups is 1. The Hall–Kier alpha value is -0.510. The van der Waals surface area contributed by atoms with Gasteiger partial charge in [0.15, 0.2) is 0 Å². The number of rotatable bonds is 5. The molecule has 0 bridgehead atoms. The van der Waals surface area contributed by atoms with Crippen LogP contribution in [-0.2, 0) is 0 Å². The van der Waals surface area contributed by atoms with Crippen LogP contribution in [0.2, 0.25) is 0 Å². The first-order valence-electron chi connectivity index (χ1n) is 5.35.